The molecule has 1 saturated heterocycles. The van der Waals surface area contributed by atoms with Crippen molar-refractivity contribution in [2.75, 3.05) is 16.8 Å². The van der Waals surface area contributed by atoms with Crippen LogP contribution in [0.25, 0.3) is 0 Å². The van der Waals surface area contributed by atoms with Gasteiger partial charge in [-0.3, -0.25) is 19.3 Å². The van der Waals surface area contributed by atoms with Gasteiger partial charge in [-0.05, 0) is 72.6 Å². The van der Waals surface area contributed by atoms with Gasteiger partial charge in [-0.1, -0.05) is 59.6 Å². The zero-order valence-corrected chi connectivity index (χ0v) is 22.2. The highest BCUT2D eigenvalue weighted by molar-refractivity contribution is 6.44. The fraction of sp³-hybridized carbons (Fsp3) is 0.267. The second-order valence-corrected chi connectivity index (χ2v) is 11.0. The molecule has 3 fully saturated rings. The number of imide groups is 1. The Morgan fingerprint density at radius 3 is 2.33 bits per heavy atom. The van der Waals surface area contributed by atoms with Gasteiger partial charge < -0.3 is 10.1 Å². The van der Waals surface area contributed by atoms with Gasteiger partial charge in [0, 0.05) is 0 Å². The molecule has 0 spiro atoms. The zero-order chi connectivity index (χ0) is 27.3. The lowest BCUT2D eigenvalue weighted by molar-refractivity contribution is -0.123. The SMILES string of the molecule is O=C(COC(=O)c1ccc(N2C(=O)[C@@H]3[C@@H]4C[C@@H]([C@@H]3C2=O)[C@@H](c2ccccc2)C4)cc1)Nc1cccc(Cl)c1Cl. The third-order valence-corrected chi connectivity index (χ3v) is 8.98. The Balaban J connectivity index is 1.10. The van der Waals surface area contributed by atoms with Crippen molar-refractivity contribution in [2.45, 2.75) is 18.8 Å². The van der Waals surface area contributed by atoms with Gasteiger partial charge in [0.25, 0.3) is 5.91 Å². The van der Waals surface area contributed by atoms with Gasteiger partial charge in [-0.2, -0.15) is 0 Å². The highest BCUT2D eigenvalue weighted by Gasteiger charge is 2.64. The van der Waals surface area contributed by atoms with Gasteiger partial charge in [0.05, 0.1) is 38.8 Å². The molecule has 3 aromatic rings. The molecule has 198 valence electrons. The van der Waals surface area contributed by atoms with E-state index in [0.717, 1.165) is 12.8 Å². The number of esters is 1. The molecule has 3 amide bonds. The Morgan fingerprint density at radius 2 is 1.59 bits per heavy atom. The van der Waals surface area contributed by atoms with Crippen molar-refractivity contribution >= 4 is 58.3 Å². The molecule has 9 heteroatoms. The second kappa shape index (κ2) is 10.1. The third-order valence-electron chi connectivity index (χ3n) is 8.16. The van der Waals surface area contributed by atoms with Crippen molar-refractivity contribution in [2.24, 2.45) is 23.7 Å². The summed E-state index contributed by atoms with van der Waals surface area (Å²) in [6, 6.07) is 21.1. The summed E-state index contributed by atoms with van der Waals surface area (Å²) in [5.74, 6) is -1.55. The minimum Gasteiger partial charge on any atom is -0.452 e. The van der Waals surface area contributed by atoms with E-state index in [1.807, 2.05) is 18.2 Å². The highest BCUT2D eigenvalue weighted by Crippen LogP contribution is 2.61. The summed E-state index contributed by atoms with van der Waals surface area (Å²) >= 11 is 12.0. The first-order chi connectivity index (χ1) is 18.8. The van der Waals surface area contributed by atoms with Crippen LogP contribution in [-0.4, -0.2) is 30.3 Å². The van der Waals surface area contributed by atoms with Crippen LogP contribution in [0.5, 0.6) is 0 Å². The molecular formula is C30H24Cl2N2O5. The summed E-state index contributed by atoms with van der Waals surface area (Å²) in [7, 11) is 0. The van der Waals surface area contributed by atoms with Crippen LogP contribution in [-0.2, 0) is 19.1 Å². The average molecular weight is 563 g/mol. The summed E-state index contributed by atoms with van der Waals surface area (Å²) in [6.45, 7) is -0.527. The number of hydrogen-bond donors (Lipinski definition) is 1. The van der Waals surface area contributed by atoms with E-state index >= 15 is 0 Å². The van der Waals surface area contributed by atoms with E-state index in [2.05, 4.69) is 17.4 Å². The van der Waals surface area contributed by atoms with Gasteiger partial charge in [-0.25, -0.2) is 4.79 Å². The van der Waals surface area contributed by atoms with Crippen molar-refractivity contribution in [1.82, 2.24) is 0 Å². The lowest BCUT2D eigenvalue weighted by atomic mass is 9.73. The number of fused-ring (bicyclic) bond motifs is 5. The molecule has 2 saturated carbocycles. The predicted molar refractivity (Wildman–Crippen MR) is 147 cm³/mol. The number of nitrogens with zero attached hydrogens (tertiary/aromatic N) is 1. The number of hydrogen-bond acceptors (Lipinski definition) is 5. The zero-order valence-electron chi connectivity index (χ0n) is 20.7. The van der Waals surface area contributed by atoms with Crippen LogP contribution in [0.15, 0.2) is 72.8 Å². The molecule has 0 aromatic heterocycles. The minimum absolute atomic E-state index is 0.157. The Bertz CT molecular complexity index is 1480. The van der Waals surface area contributed by atoms with E-state index in [9.17, 15) is 19.2 Å². The van der Waals surface area contributed by atoms with Gasteiger partial charge in [0.1, 0.15) is 0 Å². The van der Waals surface area contributed by atoms with Crippen molar-refractivity contribution in [1.29, 1.82) is 0 Å². The Morgan fingerprint density at radius 1 is 0.872 bits per heavy atom. The van der Waals surface area contributed by atoms with Gasteiger partial charge >= 0.3 is 5.97 Å². The Labute approximate surface area is 235 Å². The van der Waals surface area contributed by atoms with Crippen LogP contribution >= 0.6 is 23.2 Å². The van der Waals surface area contributed by atoms with Crippen LogP contribution < -0.4 is 10.2 Å². The van der Waals surface area contributed by atoms with E-state index in [4.69, 9.17) is 27.9 Å². The normalized spacial score (nSPS) is 25.1. The first-order valence-corrected chi connectivity index (χ1v) is 13.5. The fourth-order valence-corrected chi connectivity index (χ4v) is 6.89. The monoisotopic (exact) mass is 562 g/mol. The van der Waals surface area contributed by atoms with E-state index in [1.165, 1.54) is 22.6 Å². The van der Waals surface area contributed by atoms with Gasteiger partial charge in [0.2, 0.25) is 11.8 Å². The minimum atomic E-state index is -0.714. The molecule has 3 aliphatic rings. The smallest absolute Gasteiger partial charge is 0.338 e. The number of ether oxygens (including phenoxy) is 1. The van der Waals surface area contributed by atoms with Crippen LogP contribution in [0, 0.1) is 23.7 Å². The average Bonchev–Trinajstić information content (AvgIpc) is 3.62. The lowest BCUT2D eigenvalue weighted by Gasteiger charge is -2.28. The Hall–Kier alpha value is -3.68. The number of carbonyl (C=O) groups excluding carboxylic acids is 4. The summed E-state index contributed by atoms with van der Waals surface area (Å²) in [5.41, 5.74) is 2.16. The van der Waals surface area contributed by atoms with Gasteiger partial charge in [-0.15, -0.1) is 0 Å². The number of nitrogens with one attached hydrogen (secondary N) is 1. The van der Waals surface area contributed by atoms with E-state index < -0.39 is 18.5 Å². The van der Waals surface area contributed by atoms with Gasteiger partial charge in [0.15, 0.2) is 6.61 Å². The third kappa shape index (κ3) is 4.49. The summed E-state index contributed by atoms with van der Waals surface area (Å²) < 4.78 is 5.12. The molecule has 1 N–H and O–H groups in total. The molecule has 0 unspecified atom stereocenters. The molecule has 39 heavy (non-hydrogen) atoms. The maximum atomic E-state index is 13.5. The van der Waals surface area contributed by atoms with E-state index in [1.54, 1.807) is 30.3 Å². The highest BCUT2D eigenvalue weighted by atomic mass is 35.5. The number of benzene rings is 3. The van der Waals surface area contributed by atoms with Crippen molar-refractivity contribution < 1.29 is 23.9 Å². The van der Waals surface area contributed by atoms with Crippen molar-refractivity contribution in [3.8, 4) is 0 Å². The number of anilines is 2. The molecule has 2 bridgehead atoms. The predicted octanol–water partition coefficient (Wildman–Crippen LogP) is 5.72. The maximum Gasteiger partial charge on any atom is 0.338 e. The number of carbonyl (C=O) groups is 4. The molecule has 1 aliphatic heterocycles. The molecule has 6 rings (SSSR count). The first kappa shape index (κ1) is 25.6. The van der Waals surface area contributed by atoms with Crippen LogP contribution in [0.4, 0.5) is 11.4 Å². The number of amides is 3. The molecule has 0 radical (unpaired) electrons. The van der Waals surface area contributed by atoms with E-state index in [-0.39, 0.29) is 51.1 Å². The van der Waals surface area contributed by atoms with Crippen molar-refractivity contribution in [3.05, 3.63) is 94.0 Å². The molecule has 5 atom stereocenters. The second-order valence-electron chi connectivity index (χ2n) is 10.2. The fourth-order valence-electron chi connectivity index (χ4n) is 6.55. The molecule has 7 nitrogen and oxygen atoms in total. The molecule has 1 heterocycles. The van der Waals surface area contributed by atoms with Crippen LogP contribution in [0.2, 0.25) is 10.0 Å². The topological polar surface area (TPSA) is 92.8 Å². The maximum absolute atomic E-state index is 13.5. The number of rotatable bonds is 6. The Kier molecular flexibility index (Phi) is 6.65. The number of halogens is 2. The summed E-state index contributed by atoms with van der Waals surface area (Å²) in [6.07, 6.45) is 1.83. The molecule has 2 aliphatic carbocycles. The molecular weight excluding hydrogens is 539 g/mol. The lowest BCUT2D eigenvalue weighted by Crippen LogP contribution is -2.33. The summed E-state index contributed by atoms with van der Waals surface area (Å²) in [5, 5.41) is 3.02. The summed E-state index contributed by atoms with van der Waals surface area (Å²) in [4.78, 5) is 52.9. The first-order valence-electron chi connectivity index (χ1n) is 12.8. The molecule has 3 aromatic carbocycles. The van der Waals surface area contributed by atoms with Crippen LogP contribution in [0.3, 0.4) is 0 Å². The van der Waals surface area contributed by atoms with Crippen molar-refractivity contribution in [3.63, 3.8) is 0 Å². The largest absolute Gasteiger partial charge is 0.452 e. The van der Waals surface area contributed by atoms with Crippen LogP contribution in [0.1, 0.15) is 34.7 Å². The standard InChI is InChI=1S/C30H24Cl2N2O5/c31-22-7-4-8-23(27(22)32)33-24(35)15-39-30(38)17-9-11-19(12-10-17)34-28(36)25-18-13-20(16-5-2-1-3-6-16)21(14-18)26(25)29(34)37/h1-12,18,20-21,25-26H,13-15H2,(H,33,35)/t18-,20+,21+,25+,26-/m0/s1. The van der Waals surface area contributed by atoms with E-state index in [0.29, 0.717) is 17.3 Å². The quantitative estimate of drug-likeness (QED) is 0.306.